The van der Waals surface area contributed by atoms with Gasteiger partial charge in [0.15, 0.2) is 0 Å². The Balaban J connectivity index is 2.38. The number of carbonyl (C=O) groups is 1. The summed E-state index contributed by atoms with van der Waals surface area (Å²) >= 11 is 3.14. The van der Waals surface area contributed by atoms with Crippen molar-refractivity contribution in [1.29, 1.82) is 0 Å². The van der Waals surface area contributed by atoms with Gasteiger partial charge in [-0.2, -0.15) is 13.2 Å². The Kier molecular flexibility index (Phi) is 4.27. The van der Waals surface area contributed by atoms with E-state index in [1.807, 2.05) is 0 Å². The van der Waals surface area contributed by atoms with Crippen LogP contribution in [0.2, 0.25) is 0 Å². The first kappa shape index (κ1) is 15.2. The number of carboxylic acid groups (broad SMARTS) is 1. The lowest BCUT2D eigenvalue weighted by Crippen LogP contribution is -2.33. The van der Waals surface area contributed by atoms with E-state index in [-0.39, 0.29) is 11.6 Å². The van der Waals surface area contributed by atoms with Gasteiger partial charge in [-0.25, -0.2) is 0 Å². The van der Waals surface area contributed by atoms with Crippen molar-refractivity contribution in [3.63, 3.8) is 0 Å². The highest BCUT2D eigenvalue weighted by atomic mass is 79.9. The van der Waals surface area contributed by atoms with E-state index in [4.69, 9.17) is 5.11 Å². The molecule has 0 unspecified atom stereocenters. The smallest absolute Gasteiger partial charge is 0.418 e. The molecule has 0 atom stereocenters. The van der Waals surface area contributed by atoms with Crippen LogP contribution in [0.15, 0.2) is 22.7 Å². The molecular weight excluding hydrogens is 339 g/mol. The molecule has 0 radical (unpaired) electrons. The highest BCUT2D eigenvalue weighted by molar-refractivity contribution is 9.10. The topological polar surface area (TPSA) is 40.5 Å². The Bertz CT molecular complexity index is 515. The molecule has 0 aliphatic heterocycles. The van der Waals surface area contributed by atoms with E-state index < -0.39 is 24.3 Å². The first-order valence-corrected chi connectivity index (χ1v) is 6.90. The number of rotatable bonds is 5. The lowest BCUT2D eigenvalue weighted by Gasteiger charge is -2.26. The van der Waals surface area contributed by atoms with E-state index in [2.05, 4.69) is 15.9 Å². The predicted octanol–water partition coefficient (Wildman–Crippen LogP) is 3.77. The minimum Gasteiger partial charge on any atom is -0.480 e. The second kappa shape index (κ2) is 5.63. The SMILES string of the molecule is O=C(O)CN(CC1CC1)c1cc(Br)ccc1C(F)(F)F. The van der Waals surface area contributed by atoms with Gasteiger partial charge in [0.05, 0.1) is 11.3 Å². The van der Waals surface area contributed by atoms with Crippen molar-refractivity contribution < 1.29 is 23.1 Å². The summed E-state index contributed by atoms with van der Waals surface area (Å²) in [6, 6.07) is 3.61. The van der Waals surface area contributed by atoms with Gasteiger partial charge in [0.2, 0.25) is 0 Å². The van der Waals surface area contributed by atoms with E-state index in [9.17, 15) is 18.0 Å². The lowest BCUT2D eigenvalue weighted by molar-refractivity contribution is -0.138. The third kappa shape index (κ3) is 3.88. The molecule has 0 aromatic heterocycles. The van der Waals surface area contributed by atoms with Crippen LogP contribution in [0.4, 0.5) is 18.9 Å². The molecule has 2 rings (SSSR count). The third-order valence-electron chi connectivity index (χ3n) is 3.11. The number of benzene rings is 1. The largest absolute Gasteiger partial charge is 0.480 e. The first-order valence-electron chi connectivity index (χ1n) is 6.11. The van der Waals surface area contributed by atoms with Gasteiger partial charge in [-0.3, -0.25) is 4.79 Å². The van der Waals surface area contributed by atoms with Crippen molar-refractivity contribution in [2.24, 2.45) is 5.92 Å². The summed E-state index contributed by atoms with van der Waals surface area (Å²) in [5, 5.41) is 8.91. The third-order valence-corrected chi connectivity index (χ3v) is 3.60. The summed E-state index contributed by atoms with van der Waals surface area (Å²) in [5.41, 5.74) is -0.885. The zero-order valence-corrected chi connectivity index (χ0v) is 12.0. The molecule has 0 saturated heterocycles. The standard InChI is InChI=1S/C13H13BrF3NO2/c14-9-3-4-10(13(15,16)17)11(5-9)18(7-12(19)20)6-8-1-2-8/h3-5,8H,1-2,6-7H2,(H,19,20). The molecule has 0 bridgehead atoms. The van der Waals surface area contributed by atoms with Crippen molar-refractivity contribution in [3.8, 4) is 0 Å². The molecule has 1 N–H and O–H groups in total. The highest BCUT2D eigenvalue weighted by Gasteiger charge is 2.36. The molecule has 1 fully saturated rings. The molecule has 0 amide bonds. The Morgan fingerprint density at radius 2 is 2.05 bits per heavy atom. The molecule has 110 valence electrons. The summed E-state index contributed by atoms with van der Waals surface area (Å²) in [6.07, 6.45) is -2.63. The van der Waals surface area contributed by atoms with Crippen LogP contribution in [0, 0.1) is 5.92 Å². The maximum atomic E-state index is 13.0. The minimum absolute atomic E-state index is 0.0822. The Hall–Kier alpha value is -1.24. The van der Waals surface area contributed by atoms with Crippen LogP contribution in [0.25, 0.3) is 0 Å². The highest BCUT2D eigenvalue weighted by Crippen LogP contribution is 2.40. The number of carboxylic acids is 1. The minimum atomic E-state index is -4.50. The lowest BCUT2D eigenvalue weighted by atomic mass is 10.1. The molecule has 0 heterocycles. The maximum absolute atomic E-state index is 13.0. The molecule has 0 spiro atoms. The fourth-order valence-corrected chi connectivity index (χ4v) is 2.38. The molecule has 1 aromatic rings. The first-order chi connectivity index (χ1) is 9.27. The Morgan fingerprint density at radius 3 is 2.55 bits per heavy atom. The van der Waals surface area contributed by atoms with E-state index in [0.717, 1.165) is 18.9 Å². The molecule has 1 aromatic carbocycles. The van der Waals surface area contributed by atoms with Gasteiger partial charge in [0.1, 0.15) is 6.54 Å². The van der Waals surface area contributed by atoms with E-state index in [1.165, 1.54) is 17.0 Å². The zero-order valence-electron chi connectivity index (χ0n) is 10.5. The second-order valence-electron chi connectivity index (χ2n) is 4.88. The van der Waals surface area contributed by atoms with Crippen LogP contribution in [-0.2, 0) is 11.0 Å². The summed E-state index contributed by atoms with van der Waals surface area (Å²) in [4.78, 5) is 12.2. The fourth-order valence-electron chi connectivity index (χ4n) is 2.03. The van der Waals surface area contributed by atoms with E-state index in [1.54, 1.807) is 0 Å². The quantitative estimate of drug-likeness (QED) is 0.877. The average molecular weight is 352 g/mol. The number of alkyl halides is 3. The van der Waals surface area contributed by atoms with Gasteiger partial charge in [-0.05, 0) is 37.0 Å². The van der Waals surface area contributed by atoms with E-state index >= 15 is 0 Å². The van der Waals surface area contributed by atoms with Crippen molar-refractivity contribution >= 4 is 27.6 Å². The number of anilines is 1. The average Bonchev–Trinajstić information content (AvgIpc) is 3.09. The number of aliphatic carboxylic acids is 1. The van der Waals surface area contributed by atoms with Gasteiger partial charge < -0.3 is 10.0 Å². The number of halogens is 4. The van der Waals surface area contributed by atoms with Gasteiger partial charge in [-0.15, -0.1) is 0 Å². The molecule has 3 nitrogen and oxygen atoms in total. The predicted molar refractivity (Wildman–Crippen MR) is 71.7 cm³/mol. The molecule has 1 aliphatic carbocycles. The number of hydrogen-bond acceptors (Lipinski definition) is 2. The normalized spacial score (nSPS) is 15.2. The molecular formula is C13H13BrF3NO2. The summed E-state index contributed by atoms with van der Waals surface area (Å²) in [6.45, 7) is -0.0954. The van der Waals surface area contributed by atoms with Crippen molar-refractivity contribution in [2.75, 3.05) is 18.0 Å². The van der Waals surface area contributed by atoms with Crippen LogP contribution < -0.4 is 4.90 Å². The van der Waals surface area contributed by atoms with Crippen LogP contribution >= 0.6 is 15.9 Å². The monoisotopic (exact) mass is 351 g/mol. The van der Waals surface area contributed by atoms with Crippen molar-refractivity contribution in [2.45, 2.75) is 19.0 Å². The Labute approximate surface area is 122 Å². The zero-order chi connectivity index (χ0) is 14.9. The molecule has 1 aliphatic rings. The van der Waals surface area contributed by atoms with Gasteiger partial charge >= 0.3 is 12.1 Å². The van der Waals surface area contributed by atoms with Crippen LogP contribution in [-0.4, -0.2) is 24.2 Å². The number of nitrogens with zero attached hydrogens (tertiary/aromatic N) is 1. The van der Waals surface area contributed by atoms with Gasteiger partial charge in [0, 0.05) is 11.0 Å². The number of hydrogen-bond donors (Lipinski definition) is 1. The van der Waals surface area contributed by atoms with Gasteiger partial charge in [0.25, 0.3) is 0 Å². The van der Waals surface area contributed by atoms with Crippen LogP contribution in [0.3, 0.4) is 0 Å². The summed E-state index contributed by atoms with van der Waals surface area (Å²) in [7, 11) is 0. The summed E-state index contributed by atoms with van der Waals surface area (Å²) in [5.74, 6) is -0.854. The van der Waals surface area contributed by atoms with Gasteiger partial charge in [-0.1, -0.05) is 15.9 Å². The molecule has 7 heteroatoms. The van der Waals surface area contributed by atoms with E-state index in [0.29, 0.717) is 11.0 Å². The molecule has 20 heavy (non-hydrogen) atoms. The van der Waals surface area contributed by atoms with Crippen LogP contribution in [0.5, 0.6) is 0 Å². The van der Waals surface area contributed by atoms with Crippen molar-refractivity contribution in [3.05, 3.63) is 28.2 Å². The summed E-state index contributed by atoms with van der Waals surface area (Å²) < 4.78 is 39.6. The van der Waals surface area contributed by atoms with Crippen LogP contribution in [0.1, 0.15) is 18.4 Å². The molecule has 1 saturated carbocycles. The second-order valence-corrected chi connectivity index (χ2v) is 5.79. The maximum Gasteiger partial charge on any atom is 0.418 e. The fraction of sp³-hybridized carbons (Fsp3) is 0.462. The Morgan fingerprint density at radius 1 is 1.40 bits per heavy atom. The van der Waals surface area contributed by atoms with Crippen molar-refractivity contribution in [1.82, 2.24) is 0 Å².